The fourth-order valence-electron chi connectivity index (χ4n) is 3.75. The summed E-state index contributed by atoms with van der Waals surface area (Å²) in [6.45, 7) is 12.3. The number of amides is 2. The first-order valence-electron chi connectivity index (χ1n) is 13.8. The van der Waals surface area contributed by atoms with Gasteiger partial charge in [0.15, 0.2) is 17.6 Å². The molecule has 0 aliphatic carbocycles. The average molecular weight is 596 g/mol. The Labute approximate surface area is 250 Å². The predicted molar refractivity (Wildman–Crippen MR) is 163 cm³/mol. The monoisotopic (exact) mass is 595 g/mol. The highest BCUT2D eigenvalue weighted by molar-refractivity contribution is 7.16. The first-order chi connectivity index (χ1) is 20.2. The first-order valence-corrected chi connectivity index (χ1v) is 14.6. The van der Waals surface area contributed by atoms with Crippen molar-refractivity contribution in [2.24, 2.45) is 5.10 Å². The van der Waals surface area contributed by atoms with Crippen molar-refractivity contribution < 1.29 is 33.3 Å². The molecule has 224 valence electrons. The smallest absolute Gasteiger partial charge is 0.341 e. The van der Waals surface area contributed by atoms with Crippen LogP contribution in [0.5, 0.6) is 17.2 Å². The maximum Gasteiger partial charge on any atom is 0.341 e. The van der Waals surface area contributed by atoms with Crippen LogP contribution in [0.2, 0.25) is 0 Å². The molecule has 11 heteroatoms. The van der Waals surface area contributed by atoms with E-state index in [-0.39, 0.29) is 12.5 Å². The summed E-state index contributed by atoms with van der Waals surface area (Å²) in [4.78, 5) is 38.7. The molecule has 0 radical (unpaired) electrons. The summed E-state index contributed by atoms with van der Waals surface area (Å²) in [7, 11) is 0. The lowest BCUT2D eigenvalue weighted by atomic mass is 10.1. The number of esters is 1. The van der Waals surface area contributed by atoms with Crippen molar-refractivity contribution in [3.63, 3.8) is 0 Å². The van der Waals surface area contributed by atoms with Crippen LogP contribution < -0.4 is 25.0 Å². The second kappa shape index (κ2) is 15.6. The zero-order chi connectivity index (χ0) is 30.6. The van der Waals surface area contributed by atoms with Crippen molar-refractivity contribution in [3.05, 3.63) is 69.6 Å². The molecule has 0 aliphatic rings. The molecule has 0 aliphatic heterocycles. The van der Waals surface area contributed by atoms with Gasteiger partial charge in [0, 0.05) is 10.4 Å². The van der Waals surface area contributed by atoms with Crippen molar-refractivity contribution in [1.29, 1.82) is 0 Å². The number of carbonyl (C=O) groups is 3. The number of hydrogen-bond acceptors (Lipinski definition) is 9. The van der Waals surface area contributed by atoms with Crippen molar-refractivity contribution in [2.75, 3.05) is 25.1 Å². The van der Waals surface area contributed by atoms with E-state index in [0.717, 1.165) is 22.4 Å². The van der Waals surface area contributed by atoms with Gasteiger partial charge < -0.3 is 24.3 Å². The molecule has 1 heterocycles. The van der Waals surface area contributed by atoms with E-state index in [1.807, 2.05) is 33.8 Å². The van der Waals surface area contributed by atoms with E-state index >= 15 is 0 Å². The van der Waals surface area contributed by atoms with E-state index < -0.39 is 18.0 Å². The molecule has 0 bridgehead atoms. The lowest BCUT2D eigenvalue weighted by Gasteiger charge is -2.13. The highest BCUT2D eigenvalue weighted by atomic mass is 32.1. The van der Waals surface area contributed by atoms with Crippen molar-refractivity contribution in [3.8, 4) is 17.2 Å². The molecule has 10 nitrogen and oxygen atoms in total. The summed E-state index contributed by atoms with van der Waals surface area (Å²) in [6.07, 6.45) is 1.54. The van der Waals surface area contributed by atoms with Gasteiger partial charge in [-0.25, -0.2) is 10.2 Å². The number of rotatable bonds is 14. The van der Waals surface area contributed by atoms with E-state index in [9.17, 15) is 14.4 Å². The molecule has 42 heavy (non-hydrogen) atoms. The topological polar surface area (TPSA) is 125 Å². The highest BCUT2D eigenvalue weighted by Gasteiger charge is 2.22. The van der Waals surface area contributed by atoms with Crippen molar-refractivity contribution >= 4 is 40.3 Å². The number of benzene rings is 2. The summed E-state index contributed by atoms with van der Waals surface area (Å²) < 4.78 is 22.2. The third kappa shape index (κ3) is 8.56. The van der Waals surface area contributed by atoms with Gasteiger partial charge in [0.25, 0.3) is 11.8 Å². The zero-order valence-corrected chi connectivity index (χ0v) is 25.6. The van der Waals surface area contributed by atoms with E-state index in [1.54, 1.807) is 50.2 Å². The van der Waals surface area contributed by atoms with Gasteiger partial charge in [0.1, 0.15) is 10.8 Å². The summed E-state index contributed by atoms with van der Waals surface area (Å²) in [6, 6.07) is 11.8. The minimum atomic E-state index is -0.852. The Bertz CT molecular complexity index is 1420. The largest absolute Gasteiger partial charge is 0.490 e. The lowest BCUT2D eigenvalue weighted by Crippen LogP contribution is -2.33. The second-order valence-corrected chi connectivity index (χ2v) is 10.4. The summed E-state index contributed by atoms with van der Waals surface area (Å²) in [5, 5.41) is 7.28. The molecule has 1 aromatic heterocycles. The number of aryl methyl sites for hydroxylation is 1. The molecule has 0 saturated heterocycles. The number of carbonyl (C=O) groups excluding carboxylic acids is 3. The number of nitrogens with one attached hydrogen (secondary N) is 2. The quantitative estimate of drug-likeness (QED) is 0.135. The minimum absolute atomic E-state index is 0.239. The maximum absolute atomic E-state index is 12.9. The van der Waals surface area contributed by atoms with Crippen molar-refractivity contribution in [2.45, 2.75) is 54.1 Å². The van der Waals surface area contributed by atoms with E-state index in [2.05, 4.69) is 15.8 Å². The second-order valence-electron chi connectivity index (χ2n) is 9.17. The van der Waals surface area contributed by atoms with Crippen molar-refractivity contribution in [1.82, 2.24) is 5.43 Å². The molecule has 0 saturated carbocycles. The fourth-order valence-corrected chi connectivity index (χ4v) is 4.79. The van der Waals surface area contributed by atoms with Gasteiger partial charge in [-0.05, 0) is 94.6 Å². The third-order valence-corrected chi connectivity index (χ3v) is 7.13. The lowest BCUT2D eigenvalue weighted by molar-refractivity contribution is -0.127. The highest BCUT2D eigenvalue weighted by Crippen LogP contribution is 2.33. The molecule has 2 amide bonds. The van der Waals surface area contributed by atoms with Crippen LogP contribution >= 0.6 is 11.3 Å². The standard InChI is InChI=1S/C31H37N3O7S/c1-7-16-40-25-15-10-22(17-26(25)38-8-2)18-32-34-28(35)20(5)41-24-13-11-23(12-14-24)29(36)33-30-27(31(37)39-9-3)19(4)21(6)42-30/h10-15,17-18,20H,7-9,16H2,1-6H3,(H,33,36)(H,34,35)/b32-18-/t20-/m0/s1. The first kappa shape index (κ1) is 32.1. The van der Waals surface area contributed by atoms with Crippen LogP contribution in [-0.2, 0) is 9.53 Å². The number of nitrogens with zero attached hydrogens (tertiary/aromatic N) is 1. The molecule has 0 spiro atoms. The van der Waals surface area contributed by atoms with Crippen LogP contribution in [0.25, 0.3) is 0 Å². The fraction of sp³-hybridized carbons (Fsp3) is 0.355. The van der Waals surface area contributed by atoms with Gasteiger partial charge in [-0.2, -0.15) is 5.10 Å². The molecular weight excluding hydrogens is 558 g/mol. The number of hydrazone groups is 1. The normalized spacial score (nSPS) is 11.6. The molecule has 0 unspecified atom stereocenters. The molecule has 3 rings (SSSR count). The Balaban J connectivity index is 1.57. The molecular formula is C31H37N3O7S. The summed E-state index contributed by atoms with van der Waals surface area (Å²) in [5.74, 6) is 0.359. The van der Waals surface area contributed by atoms with Crippen LogP contribution in [0.4, 0.5) is 5.00 Å². The molecule has 3 aromatic rings. The number of anilines is 1. The number of thiophene rings is 1. The SMILES string of the molecule is CCCOc1ccc(/C=N\NC(=O)[C@H](C)Oc2ccc(C(=O)Nc3sc(C)c(C)c3C(=O)OCC)cc2)cc1OCC. The maximum atomic E-state index is 12.9. The molecule has 2 aromatic carbocycles. The van der Waals surface area contributed by atoms with Gasteiger partial charge in [-0.3, -0.25) is 9.59 Å². The summed E-state index contributed by atoms with van der Waals surface area (Å²) in [5.41, 5.74) is 4.70. The molecule has 1 atom stereocenters. The molecule has 0 fully saturated rings. The van der Waals surface area contributed by atoms with Gasteiger partial charge in [-0.1, -0.05) is 6.92 Å². The number of hydrogen-bond donors (Lipinski definition) is 2. The van der Waals surface area contributed by atoms with Gasteiger partial charge in [0.05, 0.1) is 31.6 Å². The van der Waals surface area contributed by atoms with Crippen LogP contribution in [0.1, 0.15) is 70.8 Å². The Kier molecular flexibility index (Phi) is 11.9. The molecule has 2 N–H and O–H groups in total. The summed E-state index contributed by atoms with van der Waals surface area (Å²) >= 11 is 1.32. The van der Waals surface area contributed by atoms with E-state index in [1.165, 1.54) is 17.6 Å². The van der Waals surface area contributed by atoms with Crippen LogP contribution in [0.3, 0.4) is 0 Å². The number of ether oxygens (including phenoxy) is 4. The van der Waals surface area contributed by atoms with E-state index in [4.69, 9.17) is 18.9 Å². The third-order valence-electron chi connectivity index (χ3n) is 6.01. The minimum Gasteiger partial charge on any atom is -0.490 e. The van der Waals surface area contributed by atoms with Gasteiger partial charge >= 0.3 is 5.97 Å². The van der Waals surface area contributed by atoms with Crippen LogP contribution in [0.15, 0.2) is 47.6 Å². The Morgan fingerprint density at radius 3 is 2.38 bits per heavy atom. The zero-order valence-electron chi connectivity index (χ0n) is 24.7. The van der Waals surface area contributed by atoms with Crippen LogP contribution in [0, 0.1) is 13.8 Å². The Morgan fingerprint density at radius 2 is 1.71 bits per heavy atom. The van der Waals surface area contributed by atoms with Gasteiger partial charge in [0.2, 0.25) is 0 Å². The Morgan fingerprint density at radius 1 is 0.976 bits per heavy atom. The van der Waals surface area contributed by atoms with Crippen LogP contribution in [-0.4, -0.2) is 49.9 Å². The predicted octanol–water partition coefficient (Wildman–Crippen LogP) is 5.90. The van der Waals surface area contributed by atoms with Gasteiger partial charge in [-0.15, -0.1) is 11.3 Å². The average Bonchev–Trinajstić information content (AvgIpc) is 3.25. The Hall–Kier alpha value is -4.38. The van der Waals surface area contributed by atoms with E-state index in [0.29, 0.717) is 46.6 Å².